The highest BCUT2D eigenvalue weighted by Gasteiger charge is 2.22. The number of quaternary nitrogens is 1. The van der Waals surface area contributed by atoms with E-state index in [9.17, 15) is 19.5 Å². The Morgan fingerprint density at radius 2 is 0.640 bits per heavy atom. The first-order valence-electron chi connectivity index (χ1n) is 36.0. The minimum Gasteiger partial charge on any atom is -0.545 e. The smallest absolute Gasteiger partial charge is 0.306 e. The zero-order chi connectivity index (χ0) is 64.7. The van der Waals surface area contributed by atoms with E-state index in [2.05, 4.69) is 160 Å². The average molecular weight is 1240 g/mol. The maximum Gasteiger partial charge on any atom is 0.306 e. The molecule has 0 aliphatic rings. The number of hydrogen-bond acceptors (Lipinski definition) is 8. The molecule has 0 aromatic rings. The van der Waals surface area contributed by atoms with E-state index in [0.717, 1.165) is 122 Å². The molecule has 0 rings (SSSR count). The van der Waals surface area contributed by atoms with Crippen LogP contribution in [-0.4, -0.2) is 82.3 Å². The van der Waals surface area contributed by atoms with Crippen LogP contribution in [0.15, 0.2) is 146 Å². The van der Waals surface area contributed by atoms with Crippen molar-refractivity contribution in [1.82, 2.24) is 0 Å². The highest BCUT2D eigenvalue weighted by molar-refractivity contribution is 5.70. The van der Waals surface area contributed by atoms with E-state index in [1.54, 1.807) is 0 Å². The number of carbonyl (C=O) groups is 3. The van der Waals surface area contributed by atoms with E-state index in [1.807, 2.05) is 21.1 Å². The Hall–Kier alpha value is -4.83. The Balaban J connectivity index is 4.21. The molecule has 2 unspecified atom stereocenters. The second kappa shape index (κ2) is 69.1. The lowest BCUT2D eigenvalue weighted by molar-refractivity contribution is -0.870. The monoisotopic (exact) mass is 1240 g/mol. The standard InChI is InChI=1S/C80H133NO8/c1-6-8-10-12-14-16-18-20-22-24-26-28-30-32-33-34-35-36-37-38-39-40-41-42-43-44-45-47-49-51-53-55-57-59-61-63-65-67-69-71-78(83)89-76(75-88-80(79(84)85)86-73-72-81(3,4)5)74-87-77(82)70-68-66-64-62-60-58-56-54-52-50-48-46-31-29-27-25-23-21-19-17-15-13-11-9-7-2/h8,10,14,16,20,22,25-28,32-33,35-36,38-39,41-42,44-45,49,51,55,57,76,80H,6-7,9,11-13,15,17-19,21,23-24,29-31,34,37,40,43,46-48,50,52-54,56,58-75H2,1-5H3/b10-8-,16-14-,22-20-,27-25-,28-26-,33-32-,36-35-,39-38-,42-41-,45-44-,51-49-,57-55-. The third kappa shape index (κ3) is 70.5. The highest BCUT2D eigenvalue weighted by Crippen LogP contribution is 2.16. The molecule has 0 aliphatic heterocycles. The SMILES string of the molecule is CC/C=C\C/C=C\C/C=C\C/C=C\C/C=C\C/C=C\C/C=C\C/C=C\C/C=C\C/C=C\C/C=C\CCCCCCCC(=O)OC(COC(=O)CCCCCCCCCCCCCCC/C=C\CCCCCCCCCC)COC(OCC[N+](C)(C)C)C(=O)[O-]. The molecule has 0 N–H and O–H groups in total. The van der Waals surface area contributed by atoms with Gasteiger partial charge >= 0.3 is 11.9 Å². The number of nitrogens with zero attached hydrogens (tertiary/aromatic N) is 1. The first-order valence-corrected chi connectivity index (χ1v) is 36.0. The van der Waals surface area contributed by atoms with Crippen LogP contribution in [0.5, 0.6) is 0 Å². The van der Waals surface area contributed by atoms with Gasteiger partial charge < -0.3 is 33.3 Å². The number of carbonyl (C=O) groups excluding carboxylic acids is 3. The topological polar surface area (TPSA) is 111 Å². The molecule has 89 heavy (non-hydrogen) atoms. The Bertz CT molecular complexity index is 1970. The molecule has 0 amide bonds. The van der Waals surface area contributed by atoms with Crippen molar-refractivity contribution >= 4 is 17.9 Å². The van der Waals surface area contributed by atoms with Crippen LogP contribution in [0.25, 0.3) is 0 Å². The summed E-state index contributed by atoms with van der Waals surface area (Å²) in [5.74, 6) is -2.31. The van der Waals surface area contributed by atoms with Crippen molar-refractivity contribution in [1.29, 1.82) is 0 Å². The van der Waals surface area contributed by atoms with Gasteiger partial charge in [-0.3, -0.25) is 9.59 Å². The van der Waals surface area contributed by atoms with Crippen LogP contribution in [0.3, 0.4) is 0 Å². The van der Waals surface area contributed by atoms with Crippen LogP contribution < -0.4 is 5.11 Å². The van der Waals surface area contributed by atoms with Gasteiger partial charge in [0.15, 0.2) is 12.4 Å². The maximum absolute atomic E-state index is 12.9. The summed E-state index contributed by atoms with van der Waals surface area (Å²) in [4.78, 5) is 37.5. The van der Waals surface area contributed by atoms with Gasteiger partial charge in [-0.2, -0.15) is 0 Å². The van der Waals surface area contributed by atoms with Crippen molar-refractivity contribution in [2.45, 2.75) is 296 Å². The van der Waals surface area contributed by atoms with Crippen LogP contribution in [0.2, 0.25) is 0 Å². The van der Waals surface area contributed by atoms with Gasteiger partial charge in [0.1, 0.15) is 13.2 Å². The fourth-order valence-electron chi connectivity index (χ4n) is 9.60. The third-order valence-electron chi connectivity index (χ3n) is 15.1. The normalized spacial score (nSPS) is 13.6. The summed E-state index contributed by atoms with van der Waals surface area (Å²) in [5, 5.41) is 11.8. The van der Waals surface area contributed by atoms with Crippen molar-refractivity contribution in [3.05, 3.63) is 146 Å². The Morgan fingerprint density at radius 1 is 0.348 bits per heavy atom. The van der Waals surface area contributed by atoms with E-state index in [0.29, 0.717) is 17.4 Å². The summed E-state index contributed by atoms with van der Waals surface area (Å²) in [6.07, 6.45) is 97.8. The molecule has 506 valence electrons. The molecule has 0 aromatic heterocycles. The largest absolute Gasteiger partial charge is 0.545 e. The summed E-state index contributed by atoms with van der Waals surface area (Å²) in [5.41, 5.74) is 0. The Kier molecular flexibility index (Phi) is 65.3. The molecule has 0 saturated heterocycles. The molecular formula is C80H133NO8. The van der Waals surface area contributed by atoms with Gasteiger partial charge in [0.05, 0.1) is 40.3 Å². The summed E-state index contributed by atoms with van der Waals surface area (Å²) in [6.45, 7) is 4.62. The first kappa shape index (κ1) is 84.2. The molecular weight excluding hydrogens is 1100 g/mol. The summed E-state index contributed by atoms with van der Waals surface area (Å²) >= 11 is 0. The number of carboxylic acid groups (broad SMARTS) is 1. The minimum absolute atomic E-state index is 0.137. The number of aliphatic carboxylic acids is 1. The fourth-order valence-corrected chi connectivity index (χ4v) is 9.60. The molecule has 9 nitrogen and oxygen atoms in total. The van der Waals surface area contributed by atoms with Crippen molar-refractivity contribution in [2.75, 3.05) is 47.5 Å². The molecule has 0 bridgehead atoms. The number of unbranched alkanes of at least 4 members (excludes halogenated alkanes) is 26. The number of rotatable bonds is 65. The predicted octanol–water partition coefficient (Wildman–Crippen LogP) is 21.4. The second-order valence-electron chi connectivity index (χ2n) is 24.8. The van der Waals surface area contributed by atoms with Crippen molar-refractivity contribution in [3.63, 3.8) is 0 Å². The van der Waals surface area contributed by atoms with Gasteiger partial charge in [-0.15, -0.1) is 0 Å². The number of hydrogen-bond donors (Lipinski definition) is 0. The summed E-state index contributed by atoms with van der Waals surface area (Å²) in [6, 6.07) is 0. The van der Waals surface area contributed by atoms with Crippen LogP contribution in [0, 0.1) is 0 Å². The quantitative estimate of drug-likeness (QED) is 0.0195. The predicted molar refractivity (Wildman–Crippen MR) is 379 cm³/mol. The third-order valence-corrected chi connectivity index (χ3v) is 15.1. The molecule has 0 aromatic carbocycles. The van der Waals surface area contributed by atoms with Crippen molar-refractivity contribution in [3.8, 4) is 0 Å². The molecule has 0 fully saturated rings. The number of carboxylic acids is 1. The van der Waals surface area contributed by atoms with E-state index >= 15 is 0 Å². The minimum atomic E-state index is -1.64. The molecule has 2 atom stereocenters. The van der Waals surface area contributed by atoms with E-state index < -0.39 is 24.3 Å². The van der Waals surface area contributed by atoms with Gasteiger partial charge in [-0.25, -0.2) is 0 Å². The zero-order valence-corrected chi connectivity index (χ0v) is 57.8. The lowest BCUT2D eigenvalue weighted by atomic mass is 10.0. The molecule has 0 heterocycles. The molecule has 0 radical (unpaired) electrons. The van der Waals surface area contributed by atoms with Gasteiger partial charge in [0.25, 0.3) is 0 Å². The summed E-state index contributed by atoms with van der Waals surface area (Å²) < 4.78 is 22.8. The van der Waals surface area contributed by atoms with Gasteiger partial charge in [0, 0.05) is 12.8 Å². The fraction of sp³-hybridized carbons (Fsp3) is 0.662. The van der Waals surface area contributed by atoms with Crippen LogP contribution in [-0.2, 0) is 33.3 Å². The van der Waals surface area contributed by atoms with Crippen LogP contribution in [0.4, 0.5) is 0 Å². The van der Waals surface area contributed by atoms with Gasteiger partial charge in [-0.05, 0) is 122 Å². The Morgan fingerprint density at radius 3 is 0.966 bits per heavy atom. The zero-order valence-electron chi connectivity index (χ0n) is 57.8. The summed E-state index contributed by atoms with van der Waals surface area (Å²) in [7, 11) is 5.92. The Labute approximate surface area is 547 Å². The lowest BCUT2D eigenvalue weighted by Gasteiger charge is -2.26. The molecule has 0 saturated carbocycles. The number of likely N-dealkylation sites (N-methyl/N-ethyl adjacent to an activating group) is 1. The molecule has 9 heteroatoms. The van der Waals surface area contributed by atoms with Crippen LogP contribution in [0.1, 0.15) is 284 Å². The van der Waals surface area contributed by atoms with Gasteiger partial charge in [0.2, 0.25) is 0 Å². The van der Waals surface area contributed by atoms with E-state index in [4.69, 9.17) is 18.9 Å². The second-order valence-corrected chi connectivity index (χ2v) is 24.8. The van der Waals surface area contributed by atoms with Gasteiger partial charge in [-0.1, -0.05) is 295 Å². The average Bonchev–Trinajstić information content (AvgIpc) is 3.64. The highest BCUT2D eigenvalue weighted by atomic mass is 16.7. The van der Waals surface area contributed by atoms with Crippen molar-refractivity contribution < 1.29 is 42.9 Å². The number of esters is 2. The molecule has 0 spiro atoms. The number of allylic oxidation sites excluding steroid dienone is 24. The van der Waals surface area contributed by atoms with Crippen molar-refractivity contribution in [2.24, 2.45) is 0 Å². The maximum atomic E-state index is 12.9. The lowest BCUT2D eigenvalue weighted by Crippen LogP contribution is -2.44. The van der Waals surface area contributed by atoms with E-state index in [-0.39, 0.29) is 38.6 Å². The molecule has 0 aliphatic carbocycles. The van der Waals surface area contributed by atoms with E-state index in [1.165, 1.54) is 128 Å². The number of ether oxygens (including phenoxy) is 4. The first-order chi connectivity index (χ1) is 43.6. The van der Waals surface area contributed by atoms with Crippen LogP contribution >= 0.6 is 0 Å².